The van der Waals surface area contributed by atoms with E-state index in [1.807, 2.05) is 0 Å². The molecule has 82 valence electrons. The van der Waals surface area contributed by atoms with Crippen LogP contribution in [0.15, 0.2) is 12.3 Å². The van der Waals surface area contributed by atoms with Crippen molar-refractivity contribution in [3.8, 4) is 0 Å². The molecule has 4 nitrogen and oxygen atoms in total. The summed E-state index contributed by atoms with van der Waals surface area (Å²) in [5.41, 5.74) is 0. The lowest BCUT2D eigenvalue weighted by atomic mass is 10.2. The fourth-order valence-corrected chi connectivity index (χ4v) is 1.52. The molecule has 15 heavy (non-hydrogen) atoms. The van der Waals surface area contributed by atoms with Crippen LogP contribution in [-0.4, -0.2) is 35.5 Å². The molecular weight excluding hydrogens is 223 g/mol. The first-order chi connectivity index (χ1) is 7.16. The van der Waals surface area contributed by atoms with Crippen LogP contribution in [0.2, 0.25) is 5.02 Å². The van der Waals surface area contributed by atoms with Crippen molar-refractivity contribution >= 4 is 17.4 Å². The summed E-state index contributed by atoms with van der Waals surface area (Å²) in [6.07, 6.45) is 0.705. The van der Waals surface area contributed by atoms with Gasteiger partial charge in [0.2, 0.25) is 0 Å². The van der Waals surface area contributed by atoms with Gasteiger partial charge in [-0.2, -0.15) is 0 Å². The summed E-state index contributed by atoms with van der Waals surface area (Å²) in [6, 6.07) is 0.840. The molecule has 0 amide bonds. The van der Waals surface area contributed by atoms with Gasteiger partial charge in [-0.15, -0.1) is 0 Å². The molecule has 2 atom stereocenters. The van der Waals surface area contributed by atoms with Gasteiger partial charge in [0.05, 0.1) is 30.4 Å². The Bertz CT molecular complexity index is 364. The molecule has 0 saturated carbocycles. The number of anilines is 1. The van der Waals surface area contributed by atoms with Crippen LogP contribution in [0, 0.1) is 5.82 Å². The number of hydrogen-bond acceptors (Lipinski definition) is 4. The molecule has 0 aromatic carbocycles. The third kappa shape index (κ3) is 2.37. The SMILES string of the molecule is O[C@H]1COC[C@@H]1Nc1ncc(Cl)cc1F. The standard InChI is InChI=1S/C9H10ClFN2O2/c10-5-1-6(11)9(12-2-5)13-7-3-15-4-8(7)14/h1-2,7-8,14H,3-4H2,(H,12,13)/t7-,8-/m0/s1. The summed E-state index contributed by atoms with van der Waals surface area (Å²) in [6.45, 7) is 0.595. The van der Waals surface area contributed by atoms with Crippen molar-refractivity contribution in [2.75, 3.05) is 18.5 Å². The summed E-state index contributed by atoms with van der Waals surface area (Å²) in [5.74, 6) is -0.462. The minimum absolute atomic E-state index is 0.0777. The third-order valence-corrected chi connectivity index (χ3v) is 2.39. The largest absolute Gasteiger partial charge is 0.388 e. The van der Waals surface area contributed by atoms with Crippen molar-refractivity contribution in [1.82, 2.24) is 4.98 Å². The highest BCUT2D eigenvalue weighted by Gasteiger charge is 2.26. The highest BCUT2D eigenvalue weighted by molar-refractivity contribution is 6.30. The minimum Gasteiger partial charge on any atom is -0.388 e. The van der Waals surface area contributed by atoms with Gasteiger partial charge >= 0.3 is 0 Å². The predicted octanol–water partition coefficient (Wildman–Crippen LogP) is 1.05. The van der Waals surface area contributed by atoms with Gasteiger partial charge in [-0.25, -0.2) is 9.37 Å². The van der Waals surface area contributed by atoms with Crippen LogP contribution in [-0.2, 0) is 4.74 Å². The minimum atomic E-state index is -0.637. The molecule has 2 heterocycles. The molecule has 1 aromatic heterocycles. The molecule has 1 aliphatic heterocycles. The summed E-state index contributed by atoms with van der Waals surface area (Å²) in [5, 5.41) is 12.4. The van der Waals surface area contributed by atoms with Crippen LogP contribution < -0.4 is 5.32 Å². The van der Waals surface area contributed by atoms with Gasteiger partial charge in [0.15, 0.2) is 11.6 Å². The van der Waals surface area contributed by atoms with Crippen LogP contribution in [0.4, 0.5) is 10.2 Å². The molecular formula is C9H10ClFN2O2. The highest BCUT2D eigenvalue weighted by atomic mass is 35.5. The zero-order valence-corrected chi connectivity index (χ0v) is 8.54. The van der Waals surface area contributed by atoms with Crippen LogP contribution in [0.3, 0.4) is 0 Å². The maximum absolute atomic E-state index is 13.3. The molecule has 2 N–H and O–H groups in total. The summed E-state index contributed by atoms with van der Waals surface area (Å²) < 4.78 is 18.3. The zero-order chi connectivity index (χ0) is 10.8. The number of nitrogens with zero attached hydrogens (tertiary/aromatic N) is 1. The summed E-state index contributed by atoms with van der Waals surface area (Å²) in [7, 11) is 0. The summed E-state index contributed by atoms with van der Waals surface area (Å²) in [4.78, 5) is 3.79. The molecule has 0 unspecified atom stereocenters. The van der Waals surface area contributed by atoms with Gasteiger partial charge in [0.25, 0.3) is 0 Å². The number of rotatable bonds is 2. The molecule has 0 radical (unpaired) electrons. The lowest BCUT2D eigenvalue weighted by Gasteiger charge is -2.15. The van der Waals surface area contributed by atoms with Gasteiger partial charge in [-0.1, -0.05) is 11.6 Å². The van der Waals surface area contributed by atoms with Gasteiger partial charge in [0, 0.05) is 6.20 Å². The van der Waals surface area contributed by atoms with Crippen molar-refractivity contribution in [1.29, 1.82) is 0 Å². The van der Waals surface area contributed by atoms with Crippen molar-refractivity contribution in [2.24, 2.45) is 0 Å². The van der Waals surface area contributed by atoms with E-state index in [0.717, 1.165) is 0 Å². The Balaban J connectivity index is 2.10. The average molecular weight is 233 g/mol. The topological polar surface area (TPSA) is 54.4 Å². The molecule has 6 heteroatoms. The number of aromatic nitrogens is 1. The van der Waals surface area contributed by atoms with Crippen molar-refractivity contribution in [2.45, 2.75) is 12.1 Å². The highest BCUT2D eigenvalue weighted by Crippen LogP contribution is 2.18. The monoisotopic (exact) mass is 232 g/mol. The van der Waals surface area contributed by atoms with Gasteiger partial charge in [-0.05, 0) is 6.07 Å². The normalized spacial score (nSPS) is 25.5. The Labute approximate surface area is 91.0 Å². The Morgan fingerprint density at radius 3 is 3.00 bits per heavy atom. The average Bonchev–Trinajstić information content (AvgIpc) is 2.57. The molecule has 0 bridgehead atoms. The maximum atomic E-state index is 13.3. The van der Waals surface area contributed by atoms with Crippen LogP contribution in [0.1, 0.15) is 0 Å². The summed E-state index contributed by atoms with van der Waals surface area (Å²) >= 11 is 5.56. The van der Waals surface area contributed by atoms with Crippen LogP contribution in [0.5, 0.6) is 0 Å². The lowest BCUT2D eigenvalue weighted by Crippen LogP contribution is -2.32. The second-order valence-electron chi connectivity index (χ2n) is 3.34. The van der Waals surface area contributed by atoms with Gasteiger partial charge in [-0.3, -0.25) is 0 Å². The first-order valence-electron chi connectivity index (χ1n) is 4.50. The van der Waals surface area contributed by atoms with E-state index in [1.165, 1.54) is 12.3 Å². The molecule has 1 fully saturated rings. The first kappa shape index (κ1) is 10.6. The van der Waals surface area contributed by atoms with E-state index in [1.54, 1.807) is 0 Å². The van der Waals surface area contributed by atoms with Crippen molar-refractivity contribution in [3.05, 3.63) is 23.1 Å². The molecule has 2 rings (SSSR count). The van der Waals surface area contributed by atoms with E-state index in [0.29, 0.717) is 6.61 Å². The van der Waals surface area contributed by atoms with Crippen molar-refractivity contribution < 1.29 is 14.2 Å². The Morgan fingerprint density at radius 1 is 1.60 bits per heavy atom. The number of nitrogens with one attached hydrogen (secondary N) is 1. The quantitative estimate of drug-likeness (QED) is 0.800. The number of aliphatic hydroxyl groups is 1. The van der Waals surface area contributed by atoms with E-state index in [-0.39, 0.29) is 23.5 Å². The predicted molar refractivity (Wildman–Crippen MR) is 53.4 cm³/mol. The van der Waals surface area contributed by atoms with Gasteiger partial charge in [0.1, 0.15) is 0 Å². The fraction of sp³-hybridized carbons (Fsp3) is 0.444. The Hall–Kier alpha value is -0.910. The molecule has 0 aliphatic carbocycles. The van der Waals surface area contributed by atoms with E-state index in [9.17, 15) is 9.50 Å². The number of hydrogen-bond donors (Lipinski definition) is 2. The van der Waals surface area contributed by atoms with Crippen LogP contribution >= 0.6 is 11.6 Å². The fourth-order valence-electron chi connectivity index (χ4n) is 1.38. The Morgan fingerprint density at radius 2 is 2.40 bits per heavy atom. The van der Waals surface area contributed by atoms with Crippen molar-refractivity contribution in [3.63, 3.8) is 0 Å². The molecule has 1 aliphatic rings. The second-order valence-corrected chi connectivity index (χ2v) is 3.78. The number of aliphatic hydroxyl groups excluding tert-OH is 1. The van der Waals surface area contributed by atoms with E-state index < -0.39 is 11.9 Å². The maximum Gasteiger partial charge on any atom is 0.166 e. The smallest absolute Gasteiger partial charge is 0.166 e. The third-order valence-electron chi connectivity index (χ3n) is 2.18. The van der Waals surface area contributed by atoms with E-state index in [4.69, 9.17) is 16.3 Å². The zero-order valence-electron chi connectivity index (χ0n) is 7.78. The number of ether oxygens (including phenoxy) is 1. The van der Waals surface area contributed by atoms with E-state index in [2.05, 4.69) is 10.3 Å². The lowest BCUT2D eigenvalue weighted by molar-refractivity contribution is 0.125. The Kier molecular flexibility index (Phi) is 3.04. The van der Waals surface area contributed by atoms with Gasteiger partial charge < -0.3 is 15.2 Å². The molecule has 1 aromatic rings. The molecule has 1 saturated heterocycles. The number of pyridine rings is 1. The number of halogens is 2. The van der Waals surface area contributed by atoms with E-state index >= 15 is 0 Å². The second kappa shape index (κ2) is 4.30. The van der Waals surface area contributed by atoms with Crippen LogP contribution in [0.25, 0.3) is 0 Å². The first-order valence-corrected chi connectivity index (χ1v) is 4.88. The molecule has 0 spiro atoms.